The van der Waals surface area contributed by atoms with Crippen LogP contribution in [0.1, 0.15) is 76.3 Å². The normalized spacial score (nSPS) is 17.9. The van der Waals surface area contributed by atoms with Crippen molar-refractivity contribution in [2.45, 2.75) is 37.0 Å². The lowest BCUT2D eigenvalue weighted by Gasteiger charge is -2.47. The van der Waals surface area contributed by atoms with Crippen LogP contribution in [0.2, 0.25) is 0 Å². The van der Waals surface area contributed by atoms with Crippen molar-refractivity contribution in [3.63, 3.8) is 0 Å². The summed E-state index contributed by atoms with van der Waals surface area (Å²) in [4.78, 5) is 5.42. The maximum Gasteiger partial charge on any atom is 0.126 e. The first-order valence-corrected chi connectivity index (χ1v) is 20.3. The van der Waals surface area contributed by atoms with Crippen molar-refractivity contribution in [2.75, 3.05) is 0 Å². The molecule has 1 heterocycles. The number of benzene rings is 8. The Hall–Kier alpha value is -6.81. The van der Waals surface area contributed by atoms with Crippen molar-refractivity contribution >= 4 is 5.84 Å². The Balaban J connectivity index is 1.12. The molecule has 3 aliphatic rings. The standard InChI is InChI=1S/C55H42N3/c1-54(2)45-28-14-16-30-47(45)55(48-31-17-15-29-46(48)54)44-27-13-12-25-41(44)50-42(26-18-32-49(50)55)53-57-51(38-23-10-5-11-24-38)56-52(58-53)40-34-33-39(36-19-6-3-7-20-36)35-43(40)37-21-8-4-9-22-37/h3-35,51,53H,1-2H3,(H,56,58)/q-1. The van der Waals surface area contributed by atoms with Crippen LogP contribution in [0, 0.1) is 0 Å². The molecule has 2 unspecified atom stereocenters. The van der Waals surface area contributed by atoms with Gasteiger partial charge in [0, 0.05) is 11.0 Å². The molecular formula is C55H42N3-. The van der Waals surface area contributed by atoms with E-state index in [0.717, 1.165) is 33.7 Å². The number of aliphatic imine (C=N–C) groups is 1. The van der Waals surface area contributed by atoms with E-state index < -0.39 is 11.6 Å². The van der Waals surface area contributed by atoms with Crippen molar-refractivity contribution < 1.29 is 0 Å². The molecule has 0 saturated carbocycles. The molecule has 8 aromatic carbocycles. The van der Waals surface area contributed by atoms with Crippen LogP contribution >= 0.6 is 0 Å². The van der Waals surface area contributed by atoms with Crippen LogP contribution in [0.5, 0.6) is 0 Å². The Morgan fingerprint density at radius 3 is 1.67 bits per heavy atom. The third kappa shape index (κ3) is 5.13. The molecule has 0 saturated heterocycles. The summed E-state index contributed by atoms with van der Waals surface area (Å²) in [6, 6.07) is 72.8. The molecular weight excluding hydrogens is 703 g/mol. The second-order valence-electron chi connectivity index (χ2n) is 16.2. The first-order chi connectivity index (χ1) is 28.5. The third-order valence-electron chi connectivity index (χ3n) is 12.8. The van der Waals surface area contributed by atoms with Gasteiger partial charge < -0.3 is 10.6 Å². The molecule has 58 heavy (non-hydrogen) atoms. The van der Waals surface area contributed by atoms with E-state index in [1.54, 1.807) is 0 Å². The van der Waals surface area contributed by atoms with Crippen LogP contribution in [0.4, 0.5) is 0 Å². The van der Waals surface area contributed by atoms with Gasteiger partial charge in [-0.15, -0.1) is 0 Å². The van der Waals surface area contributed by atoms with Gasteiger partial charge in [-0.3, -0.25) is 4.99 Å². The molecule has 3 heteroatoms. The van der Waals surface area contributed by atoms with E-state index in [-0.39, 0.29) is 11.6 Å². The van der Waals surface area contributed by atoms with Gasteiger partial charge >= 0.3 is 0 Å². The monoisotopic (exact) mass is 744 g/mol. The maximum absolute atomic E-state index is 5.56. The van der Waals surface area contributed by atoms with Gasteiger partial charge in [0.15, 0.2) is 0 Å². The largest absolute Gasteiger partial charge is 0.613 e. The number of amidine groups is 1. The zero-order chi connectivity index (χ0) is 38.8. The van der Waals surface area contributed by atoms with Gasteiger partial charge in [-0.05, 0) is 96.3 Å². The lowest BCUT2D eigenvalue weighted by Crippen LogP contribution is -2.40. The average molecular weight is 745 g/mol. The van der Waals surface area contributed by atoms with Crippen LogP contribution < -0.4 is 5.32 Å². The molecule has 11 rings (SSSR count). The summed E-state index contributed by atoms with van der Waals surface area (Å²) in [5, 5.41) is 9.50. The molecule has 1 spiro atoms. The Labute approximate surface area is 340 Å². The summed E-state index contributed by atoms with van der Waals surface area (Å²) in [7, 11) is 0. The van der Waals surface area contributed by atoms with E-state index in [0.29, 0.717) is 0 Å². The molecule has 3 nitrogen and oxygen atoms in total. The smallest absolute Gasteiger partial charge is 0.126 e. The van der Waals surface area contributed by atoms with Crippen LogP contribution in [0.25, 0.3) is 38.7 Å². The molecule has 0 aromatic heterocycles. The van der Waals surface area contributed by atoms with Gasteiger partial charge in [-0.2, -0.15) is 0 Å². The quantitative estimate of drug-likeness (QED) is 0.187. The summed E-state index contributed by atoms with van der Waals surface area (Å²) in [5.41, 5.74) is 17.8. The Kier molecular flexibility index (Phi) is 7.96. The topological polar surface area (TPSA) is 38.5 Å². The average Bonchev–Trinajstić information content (AvgIpc) is 3.60. The van der Waals surface area contributed by atoms with Crippen molar-refractivity contribution in [2.24, 2.45) is 4.99 Å². The van der Waals surface area contributed by atoms with E-state index in [1.807, 2.05) is 0 Å². The van der Waals surface area contributed by atoms with Gasteiger partial charge in [0.05, 0.1) is 5.41 Å². The predicted molar refractivity (Wildman–Crippen MR) is 238 cm³/mol. The SMILES string of the molecule is CC1(C)c2ccccc2C2(c3ccccc3-c3c(C4[N-]C(c5ccccc5)N=C(c5ccc(-c6ccccc6)cc5-c5ccccc5)N4)cccc32)c2ccccc21. The first kappa shape index (κ1) is 34.4. The minimum atomic E-state index is -0.483. The van der Waals surface area contributed by atoms with E-state index >= 15 is 0 Å². The lowest BCUT2D eigenvalue weighted by atomic mass is 9.55. The highest BCUT2D eigenvalue weighted by Crippen LogP contribution is 2.63. The lowest BCUT2D eigenvalue weighted by molar-refractivity contribution is 0.563. The van der Waals surface area contributed by atoms with Crippen LogP contribution in [-0.2, 0) is 10.8 Å². The summed E-state index contributed by atoms with van der Waals surface area (Å²) < 4.78 is 0. The van der Waals surface area contributed by atoms with E-state index in [2.05, 4.69) is 219 Å². The zero-order valence-electron chi connectivity index (χ0n) is 32.6. The highest BCUT2D eigenvalue weighted by atomic mass is 15.3. The highest BCUT2D eigenvalue weighted by molar-refractivity contribution is 6.06. The molecule has 0 amide bonds. The predicted octanol–water partition coefficient (Wildman–Crippen LogP) is 13.1. The molecule has 1 aliphatic heterocycles. The number of rotatable bonds is 5. The Bertz CT molecular complexity index is 2820. The Morgan fingerprint density at radius 1 is 0.448 bits per heavy atom. The molecule has 2 atom stereocenters. The molecule has 1 N–H and O–H groups in total. The minimum Gasteiger partial charge on any atom is -0.613 e. The molecule has 278 valence electrons. The second-order valence-corrected chi connectivity index (χ2v) is 16.2. The summed E-state index contributed by atoms with van der Waals surface area (Å²) in [6.45, 7) is 4.75. The zero-order valence-corrected chi connectivity index (χ0v) is 32.6. The van der Waals surface area contributed by atoms with E-state index in [9.17, 15) is 0 Å². The van der Waals surface area contributed by atoms with Gasteiger partial charge in [0.1, 0.15) is 5.84 Å². The molecule has 0 radical (unpaired) electrons. The van der Waals surface area contributed by atoms with E-state index in [4.69, 9.17) is 10.3 Å². The molecule has 8 aromatic rings. The van der Waals surface area contributed by atoms with Gasteiger partial charge in [-0.1, -0.05) is 208 Å². The van der Waals surface area contributed by atoms with E-state index in [1.165, 1.54) is 55.6 Å². The summed E-state index contributed by atoms with van der Waals surface area (Å²) in [6.07, 6.45) is -0.780. The number of nitrogens with one attached hydrogen (secondary N) is 1. The van der Waals surface area contributed by atoms with Gasteiger partial charge in [-0.25, -0.2) is 0 Å². The van der Waals surface area contributed by atoms with Crippen molar-refractivity contribution in [1.29, 1.82) is 0 Å². The van der Waals surface area contributed by atoms with Crippen molar-refractivity contribution in [1.82, 2.24) is 5.32 Å². The second kappa shape index (κ2) is 13.4. The maximum atomic E-state index is 5.56. The van der Waals surface area contributed by atoms with Crippen LogP contribution in [0.15, 0.2) is 205 Å². The molecule has 2 aliphatic carbocycles. The number of nitrogens with zero attached hydrogens (tertiary/aromatic N) is 2. The summed E-state index contributed by atoms with van der Waals surface area (Å²) in [5.74, 6) is 0.834. The van der Waals surface area contributed by atoms with Gasteiger partial charge in [0.25, 0.3) is 0 Å². The number of fused-ring (bicyclic) bond motifs is 9. The van der Waals surface area contributed by atoms with Crippen LogP contribution in [-0.4, -0.2) is 5.84 Å². The number of hydrogen-bond donors (Lipinski definition) is 1. The molecule has 0 fully saturated rings. The van der Waals surface area contributed by atoms with Crippen molar-refractivity contribution in [3.8, 4) is 33.4 Å². The fraction of sp³-hybridized carbons (Fsp3) is 0.109. The Morgan fingerprint density at radius 2 is 1.00 bits per heavy atom. The van der Waals surface area contributed by atoms with Crippen LogP contribution in [0.3, 0.4) is 0 Å². The minimum absolute atomic E-state index is 0.158. The fourth-order valence-corrected chi connectivity index (χ4v) is 10.2. The van der Waals surface area contributed by atoms with Crippen molar-refractivity contribution in [3.05, 3.63) is 256 Å². The third-order valence-corrected chi connectivity index (χ3v) is 12.8. The first-order valence-electron chi connectivity index (χ1n) is 20.3. The number of hydrogen-bond acceptors (Lipinski definition) is 2. The summed E-state index contributed by atoms with van der Waals surface area (Å²) >= 11 is 0. The highest BCUT2D eigenvalue weighted by Gasteiger charge is 2.53. The molecule has 0 bridgehead atoms. The fourth-order valence-electron chi connectivity index (χ4n) is 10.2. The van der Waals surface area contributed by atoms with Gasteiger partial charge in [0.2, 0.25) is 0 Å².